The van der Waals surface area contributed by atoms with E-state index >= 15 is 0 Å². The summed E-state index contributed by atoms with van der Waals surface area (Å²) >= 11 is 0. The van der Waals surface area contributed by atoms with Crippen molar-refractivity contribution in [2.45, 2.75) is 52.4 Å². The van der Waals surface area contributed by atoms with Crippen LogP contribution in [-0.4, -0.2) is 61.8 Å². The second-order valence-electron chi connectivity index (χ2n) is 8.49. The molecule has 1 aromatic rings. The van der Waals surface area contributed by atoms with E-state index in [1.807, 2.05) is 44.2 Å². The molecule has 0 bridgehead atoms. The van der Waals surface area contributed by atoms with Crippen LogP contribution >= 0.6 is 0 Å². The molecule has 0 aliphatic rings. The molecule has 0 heterocycles. The Balaban J connectivity index is 2.11. The highest BCUT2D eigenvalue weighted by atomic mass is 16.5. The van der Waals surface area contributed by atoms with Crippen molar-refractivity contribution in [1.82, 2.24) is 10.6 Å². The largest absolute Gasteiger partial charge is 0.481 e. The molecule has 1 rings (SSSR count). The number of carboxylic acid groups (broad SMARTS) is 1. The van der Waals surface area contributed by atoms with Gasteiger partial charge in [0.25, 0.3) is 0 Å². The number of amides is 2. The van der Waals surface area contributed by atoms with Crippen molar-refractivity contribution in [3.8, 4) is 0 Å². The molecule has 0 saturated carbocycles. The second kappa shape index (κ2) is 15.0. The van der Waals surface area contributed by atoms with Crippen LogP contribution in [0.15, 0.2) is 30.3 Å². The van der Waals surface area contributed by atoms with E-state index in [2.05, 4.69) is 17.6 Å². The molecular formula is C24H36N2O7. The van der Waals surface area contributed by atoms with Gasteiger partial charge in [-0.05, 0) is 31.7 Å². The van der Waals surface area contributed by atoms with Gasteiger partial charge >= 0.3 is 11.9 Å². The molecule has 9 heteroatoms. The lowest BCUT2D eigenvalue weighted by molar-refractivity contribution is -0.154. The molecule has 0 aliphatic carbocycles. The quantitative estimate of drug-likeness (QED) is 0.253. The lowest BCUT2D eigenvalue weighted by Gasteiger charge is -2.26. The van der Waals surface area contributed by atoms with E-state index in [-0.39, 0.29) is 75.9 Å². The number of hydrogen-bond donors (Lipinski definition) is 3. The maximum atomic E-state index is 12.5. The van der Waals surface area contributed by atoms with Gasteiger partial charge < -0.3 is 25.2 Å². The highest BCUT2D eigenvalue weighted by Crippen LogP contribution is 2.32. The number of rotatable bonds is 16. The number of ether oxygens (including phenoxy) is 2. The minimum absolute atomic E-state index is 0.0778. The molecule has 33 heavy (non-hydrogen) atoms. The normalized spacial score (nSPS) is 12.0. The molecule has 3 N–H and O–H groups in total. The summed E-state index contributed by atoms with van der Waals surface area (Å²) in [6.45, 7) is 6.76. The van der Waals surface area contributed by atoms with Gasteiger partial charge in [-0.15, -0.1) is 0 Å². The number of hydrogen-bond acceptors (Lipinski definition) is 6. The van der Waals surface area contributed by atoms with E-state index in [4.69, 9.17) is 14.6 Å². The maximum absolute atomic E-state index is 12.5. The molecule has 0 aromatic heterocycles. The molecule has 0 aliphatic heterocycles. The summed E-state index contributed by atoms with van der Waals surface area (Å²) < 4.78 is 10.6. The van der Waals surface area contributed by atoms with Crippen molar-refractivity contribution in [2.75, 3.05) is 32.9 Å². The standard InChI is InChI=1S/C24H36N2O7/c1-18(19-7-5-4-6-8-19)17-24(2,3)23(31)33-16-13-26-21(28)11-14-32-15-12-25-20(27)9-10-22(29)30/h4-8,18H,9-17H2,1-3H3,(H,25,27)(H,26,28)(H,29,30). The summed E-state index contributed by atoms with van der Waals surface area (Å²) in [5.41, 5.74) is 0.532. The Labute approximate surface area is 195 Å². The van der Waals surface area contributed by atoms with E-state index in [9.17, 15) is 19.2 Å². The lowest BCUT2D eigenvalue weighted by atomic mass is 9.81. The first-order chi connectivity index (χ1) is 15.6. The lowest BCUT2D eigenvalue weighted by Crippen LogP contribution is -2.33. The first kappa shape index (κ1) is 28.1. The Morgan fingerprint density at radius 1 is 0.909 bits per heavy atom. The van der Waals surface area contributed by atoms with Crippen LogP contribution in [0.3, 0.4) is 0 Å². The molecule has 1 aromatic carbocycles. The van der Waals surface area contributed by atoms with Gasteiger partial charge in [-0.2, -0.15) is 0 Å². The Morgan fingerprint density at radius 2 is 1.52 bits per heavy atom. The van der Waals surface area contributed by atoms with E-state index in [0.29, 0.717) is 6.42 Å². The molecule has 2 amide bonds. The number of carboxylic acids is 1. The maximum Gasteiger partial charge on any atom is 0.311 e. The fraction of sp³-hybridized carbons (Fsp3) is 0.583. The van der Waals surface area contributed by atoms with E-state index in [0.717, 1.165) is 0 Å². The van der Waals surface area contributed by atoms with Gasteiger partial charge in [0, 0.05) is 19.4 Å². The summed E-state index contributed by atoms with van der Waals surface area (Å²) in [7, 11) is 0. The van der Waals surface area contributed by atoms with Crippen molar-refractivity contribution in [3.63, 3.8) is 0 Å². The van der Waals surface area contributed by atoms with Gasteiger partial charge in [0.1, 0.15) is 6.61 Å². The predicted octanol–water partition coefficient (Wildman–Crippen LogP) is 2.25. The van der Waals surface area contributed by atoms with Gasteiger partial charge in [-0.1, -0.05) is 37.3 Å². The van der Waals surface area contributed by atoms with Crippen LogP contribution in [0.5, 0.6) is 0 Å². The SMILES string of the molecule is CC(CC(C)(C)C(=O)OCCNC(=O)CCOCCNC(=O)CCC(=O)O)c1ccccc1. The molecule has 0 radical (unpaired) electrons. The molecule has 1 atom stereocenters. The fourth-order valence-corrected chi connectivity index (χ4v) is 3.20. The Bertz CT molecular complexity index is 765. The molecule has 9 nitrogen and oxygen atoms in total. The fourth-order valence-electron chi connectivity index (χ4n) is 3.20. The third kappa shape index (κ3) is 12.6. The van der Waals surface area contributed by atoms with Crippen molar-refractivity contribution in [2.24, 2.45) is 5.41 Å². The molecule has 0 spiro atoms. The Kier molecular flexibility index (Phi) is 12.8. The number of esters is 1. The summed E-state index contributed by atoms with van der Waals surface area (Å²) in [6.07, 6.45) is 0.499. The van der Waals surface area contributed by atoms with Gasteiger partial charge in [0.15, 0.2) is 0 Å². The molecular weight excluding hydrogens is 428 g/mol. The summed E-state index contributed by atoms with van der Waals surface area (Å²) in [5, 5.41) is 13.7. The number of aliphatic carboxylic acids is 1. The first-order valence-electron chi connectivity index (χ1n) is 11.2. The van der Waals surface area contributed by atoms with E-state index in [1.54, 1.807) is 0 Å². The first-order valence-corrected chi connectivity index (χ1v) is 11.2. The third-order valence-electron chi connectivity index (χ3n) is 5.00. The van der Waals surface area contributed by atoms with Gasteiger partial charge in [0.05, 0.1) is 31.6 Å². The highest BCUT2D eigenvalue weighted by Gasteiger charge is 2.31. The number of nitrogens with one attached hydrogen (secondary N) is 2. The minimum Gasteiger partial charge on any atom is -0.481 e. The van der Waals surface area contributed by atoms with Crippen molar-refractivity contribution < 1.29 is 33.8 Å². The molecule has 0 fully saturated rings. The Morgan fingerprint density at radius 3 is 2.15 bits per heavy atom. The molecule has 0 saturated heterocycles. The van der Waals surface area contributed by atoms with Crippen LogP contribution in [-0.2, 0) is 28.7 Å². The average molecular weight is 465 g/mol. The predicted molar refractivity (Wildman–Crippen MR) is 123 cm³/mol. The zero-order valence-corrected chi connectivity index (χ0v) is 19.7. The van der Waals surface area contributed by atoms with Crippen molar-refractivity contribution in [3.05, 3.63) is 35.9 Å². The zero-order valence-electron chi connectivity index (χ0n) is 19.7. The van der Waals surface area contributed by atoms with Gasteiger partial charge in [-0.25, -0.2) is 0 Å². The number of benzene rings is 1. The molecule has 1 unspecified atom stereocenters. The van der Waals surface area contributed by atoms with Gasteiger partial charge in [-0.3, -0.25) is 19.2 Å². The van der Waals surface area contributed by atoms with Crippen LogP contribution in [0.25, 0.3) is 0 Å². The zero-order chi connectivity index (χ0) is 24.7. The highest BCUT2D eigenvalue weighted by molar-refractivity contribution is 5.80. The van der Waals surface area contributed by atoms with E-state index < -0.39 is 11.4 Å². The van der Waals surface area contributed by atoms with Crippen molar-refractivity contribution in [1.29, 1.82) is 0 Å². The van der Waals surface area contributed by atoms with E-state index in [1.165, 1.54) is 5.56 Å². The summed E-state index contributed by atoms with van der Waals surface area (Å²) in [4.78, 5) is 46.0. The van der Waals surface area contributed by atoms with Gasteiger partial charge in [0.2, 0.25) is 11.8 Å². The molecule has 184 valence electrons. The topological polar surface area (TPSA) is 131 Å². The third-order valence-corrected chi connectivity index (χ3v) is 5.00. The monoisotopic (exact) mass is 464 g/mol. The number of carbonyl (C=O) groups excluding carboxylic acids is 3. The van der Waals surface area contributed by atoms with Crippen LogP contribution in [0, 0.1) is 5.41 Å². The summed E-state index contributed by atoms with van der Waals surface area (Å²) in [6, 6.07) is 10.0. The minimum atomic E-state index is -1.02. The smallest absolute Gasteiger partial charge is 0.311 e. The number of carbonyl (C=O) groups is 4. The van der Waals surface area contributed by atoms with Crippen LogP contribution in [0.1, 0.15) is 57.9 Å². The average Bonchev–Trinajstić information content (AvgIpc) is 2.77. The van der Waals surface area contributed by atoms with Crippen molar-refractivity contribution >= 4 is 23.8 Å². The Hall–Kier alpha value is -2.94. The van der Waals surface area contributed by atoms with Crippen LogP contribution in [0.2, 0.25) is 0 Å². The van der Waals surface area contributed by atoms with Crippen LogP contribution in [0.4, 0.5) is 0 Å². The second-order valence-corrected chi connectivity index (χ2v) is 8.49. The van der Waals surface area contributed by atoms with Crippen LogP contribution < -0.4 is 10.6 Å². The summed E-state index contributed by atoms with van der Waals surface area (Å²) in [5.74, 6) is -1.69.